The fourth-order valence-electron chi connectivity index (χ4n) is 1.58. The molecule has 0 aliphatic heterocycles. The molecule has 1 unspecified atom stereocenters. The number of hydrogen-bond acceptors (Lipinski definition) is 3. The maximum absolute atomic E-state index is 5.37. The molecule has 3 heteroatoms. The lowest BCUT2D eigenvalue weighted by atomic mass is 10.1. The Morgan fingerprint density at radius 1 is 1.44 bits per heavy atom. The van der Waals surface area contributed by atoms with Crippen LogP contribution in [0.25, 0.3) is 0 Å². The van der Waals surface area contributed by atoms with Crippen molar-refractivity contribution in [3.8, 4) is 0 Å². The van der Waals surface area contributed by atoms with Gasteiger partial charge < -0.3 is 9.73 Å². The van der Waals surface area contributed by atoms with Gasteiger partial charge in [-0.2, -0.15) is 0 Å². The van der Waals surface area contributed by atoms with Gasteiger partial charge in [-0.25, -0.2) is 0 Å². The van der Waals surface area contributed by atoms with E-state index >= 15 is 0 Å². The van der Waals surface area contributed by atoms with Crippen molar-refractivity contribution in [2.24, 2.45) is 0 Å². The molecule has 1 N–H and O–H groups in total. The molecule has 0 aliphatic carbocycles. The number of pyridine rings is 1. The van der Waals surface area contributed by atoms with Crippen LogP contribution in [-0.2, 0) is 6.54 Å². The molecule has 0 radical (unpaired) electrons. The highest BCUT2D eigenvalue weighted by Gasteiger charge is 2.07. The summed E-state index contributed by atoms with van der Waals surface area (Å²) in [6, 6.07) is 6.27. The summed E-state index contributed by atoms with van der Waals surface area (Å²) in [4.78, 5) is 4.10. The molecule has 16 heavy (non-hydrogen) atoms. The fourth-order valence-corrected chi connectivity index (χ4v) is 1.58. The second kappa shape index (κ2) is 4.94. The summed E-state index contributed by atoms with van der Waals surface area (Å²) in [6.07, 6.45) is 5.39. The van der Waals surface area contributed by atoms with Crippen molar-refractivity contribution >= 4 is 0 Å². The van der Waals surface area contributed by atoms with Gasteiger partial charge in [0.15, 0.2) is 0 Å². The molecule has 2 heterocycles. The molecule has 0 bridgehead atoms. The topological polar surface area (TPSA) is 38.1 Å². The Hall–Kier alpha value is -1.61. The Bertz CT molecular complexity index is 436. The van der Waals surface area contributed by atoms with Crippen molar-refractivity contribution in [2.75, 3.05) is 0 Å². The first kappa shape index (κ1) is 10.9. The van der Waals surface area contributed by atoms with Crippen molar-refractivity contribution in [2.45, 2.75) is 26.4 Å². The highest BCUT2D eigenvalue weighted by molar-refractivity contribution is 5.16. The summed E-state index contributed by atoms with van der Waals surface area (Å²) >= 11 is 0. The zero-order valence-electron chi connectivity index (χ0n) is 9.60. The van der Waals surface area contributed by atoms with Crippen molar-refractivity contribution in [3.05, 3.63) is 53.7 Å². The zero-order chi connectivity index (χ0) is 11.4. The molecule has 0 saturated heterocycles. The molecule has 2 rings (SSSR count). The molecular weight excluding hydrogens is 200 g/mol. The Morgan fingerprint density at radius 2 is 2.31 bits per heavy atom. The number of hydrogen-bond donors (Lipinski definition) is 1. The van der Waals surface area contributed by atoms with Crippen molar-refractivity contribution < 1.29 is 4.42 Å². The van der Waals surface area contributed by atoms with Crippen LogP contribution in [0, 0.1) is 6.92 Å². The fraction of sp³-hybridized carbons (Fsp3) is 0.308. The van der Waals surface area contributed by atoms with Gasteiger partial charge in [0.2, 0.25) is 0 Å². The third-order valence-electron chi connectivity index (χ3n) is 2.72. The summed E-state index contributed by atoms with van der Waals surface area (Å²) < 4.78 is 5.37. The molecule has 3 nitrogen and oxygen atoms in total. The van der Waals surface area contributed by atoms with E-state index in [1.807, 2.05) is 18.3 Å². The van der Waals surface area contributed by atoms with Gasteiger partial charge in [0, 0.05) is 18.4 Å². The van der Waals surface area contributed by atoms with Crippen LogP contribution in [0.2, 0.25) is 0 Å². The minimum Gasteiger partial charge on any atom is -0.468 e. The molecule has 84 valence electrons. The van der Waals surface area contributed by atoms with E-state index < -0.39 is 0 Å². The van der Waals surface area contributed by atoms with Gasteiger partial charge >= 0.3 is 0 Å². The summed E-state index contributed by atoms with van der Waals surface area (Å²) in [6.45, 7) is 4.92. The largest absolute Gasteiger partial charge is 0.468 e. The predicted octanol–water partition coefficient (Wildman–Crippen LogP) is 2.83. The number of furan rings is 1. The summed E-state index contributed by atoms with van der Waals surface area (Å²) in [5.74, 6) is 0.996. The van der Waals surface area contributed by atoms with Crippen LogP contribution in [0.3, 0.4) is 0 Å². The molecule has 0 saturated carbocycles. The second-order valence-electron chi connectivity index (χ2n) is 3.92. The third kappa shape index (κ3) is 2.49. The monoisotopic (exact) mass is 216 g/mol. The van der Waals surface area contributed by atoms with E-state index in [1.54, 1.807) is 12.5 Å². The van der Waals surface area contributed by atoms with E-state index in [9.17, 15) is 0 Å². The van der Waals surface area contributed by atoms with Crippen molar-refractivity contribution in [1.82, 2.24) is 10.3 Å². The third-order valence-corrected chi connectivity index (χ3v) is 2.72. The molecule has 0 aliphatic rings. The SMILES string of the molecule is Cc1ccoc1CNC(C)c1cccnc1. The quantitative estimate of drug-likeness (QED) is 0.854. The van der Waals surface area contributed by atoms with Crippen LogP contribution < -0.4 is 5.32 Å². The zero-order valence-corrected chi connectivity index (χ0v) is 9.60. The lowest BCUT2D eigenvalue weighted by Gasteiger charge is -2.12. The van der Waals surface area contributed by atoms with Crippen LogP contribution in [0.5, 0.6) is 0 Å². The summed E-state index contributed by atoms with van der Waals surface area (Å²) in [5.41, 5.74) is 2.37. The highest BCUT2D eigenvalue weighted by Crippen LogP contribution is 2.13. The van der Waals surface area contributed by atoms with E-state index in [0.717, 1.165) is 12.3 Å². The molecule has 2 aromatic heterocycles. The van der Waals surface area contributed by atoms with E-state index in [-0.39, 0.29) is 6.04 Å². The molecular formula is C13H16N2O. The van der Waals surface area contributed by atoms with Crippen molar-refractivity contribution in [3.63, 3.8) is 0 Å². The molecule has 1 atom stereocenters. The van der Waals surface area contributed by atoms with Crippen LogP contribution >= 0.6 is 0 Å². The van der Waals surface area contributed by atoms with Gasteiger partial charge in [0.05, 0.1) is 12.8 Å². The maximum Gasteiger partial charge on any atom is 0.120 e. The van der Waals surface area contributed by atoms with Gasteiger partial charge in [0.25, 0.3) is 0 Å². The molecule has 0 spiro atoms. The first-order valence-corrected chi connectivity index (χ1v) is 5.43. The molecule has 2 aromatic rings. The Kier molecular flexibility index (Phi) is 3.37. The summed E-state index contributed by atoms with van der Waals surface area (Å²) in [7, 11) is 0. The minimum absolute atomic E-state index is 0.276. The second-order valence-corrected chi connectivity index (χ2v) is 3.92. The normalized spacial score (nSPS) is 12.6. The summed E-state index contributed by atoms with van der Waals surface area (Å²) in [5, 5.41) is 3.41. The van der Waals surface area contributed by atoms with Gasteiger partial charge in [-0.3, -0.25) is 4.98 Å². The number of nitrogens with zero attached hydrogens (tertiary/aromatic N) is 1. The average Bonchev–Trinajstić information content (AvgIpc) is 2.73. The number of nitrogens with one attached hydrogen (secondary N) is 1. The van der Waals surface area contributed by atoms with Gasteiger partial charge in [-0.15, -0.1) is 0 Å². The molecule has 0 aromatic carbocycles. The number of aromatic nitrogens is 1. The molecule has 0 amide bonds. The number of rotatable bonds is 4. The maximum atomic E-state index is 5.37. The van der Waals surface area contributed by atoms with Crippen LogP contribution in [-0.4, -0.2) is 4.98 Å². The first-order valence-electron chi connectivity index (χ1n) is 5.43. The van der Waals surface area contributed by atoms with E-state index in [0.29, 0.717) is 0 Å². The van der Waals surface area contributed by atoms with Crippen LogP contribution in [0.1, 0.15) is 29.9 Å². The van der Waals surface area contributed by atoms with Crippen LogP contribution in [0.15, 0.2) is 41.3 Å². The lowest BCUT2D eigenvalue weighted by Crippen LogP contribution is -2.18. The van der Waals surface area contributed by atoms with Crippen LogP contribution in [0.4, 0.5) is 0 Å². The van der Waals surface area contributed by atoms with Gasteiger partial charge in [0.1, 0.15) is 5.76 Å². The first-order chi connectivity index (χ1) is 7.77. The Labute approximate surface area is 95.5 Å². The van der Waals surface area contributed by atoms with E-state index in [2.05, 4.69) is 30.2 Å². The van der Waals surface area contributed by atoms with Gasteiger partial charge in [-0.05, 0) is 37.1 Å². The Balaban J connectivity index is 1.94. The van der Waals surface area contributed by atoms with Crippen molar-refractivity contribution in [1.29, 1.82) is 0 Å². The predicted molar refractivity (Wildman–Crippen MR) is 62.9 cm³/mol. The smallest absolute Gasteiger partial charge is 0.120 e. The lowest BCUT2D eigenvalue weighted by molar-refractivity contribution is 0.457. The average molecular weight is 216 g/mol. The van der Waals surface area contributed by atoms with E-state index in [4.69, 9.17) is 4.42 Å². The van der Waals surface area contributed by atoms with E-state index in [1.165, 1.54) is 11.1 Å². The van der Waals surface area contributed by atoms with Gasteiger partial charge in [-0.1, -0.05) is 6.07 Å². The number of aryl methyl sites for hydroxylation is 1. The minimum atomic E-state index is 0.276. The Morgan fingerprint density at radius 3 is 2.94 bits per heavy atom. The standard InChI is InChI=1S/C13H16N2O/c1-10-5-7-16-13(10)9-15-11(2)12-4-3-6-14-8-12/h3-8,11,15H,9H2,1-2H3. The molecule has 0 fully saturated rings. The highest BCUT2D eigenvalue weighted by atomic mass is 16.3.